The van der Waals surface area contributed by atoms with Crippen molar-refractivity contribution >= 4 is 17.9 Å². The van der Waals surface area contributed by atoms with Gasteiger partial charge in [-0.15, -0.1) is 0 Å². The lowest BCUT2D eigenvalue weighted by molar-refractivity contribution is -0.889. The van der Waals surface area contributed by atoms with Crippen molar-refractivity contribution in [1.29, 1.82) is 0 Å². The van der Waals surface area contributed by atoms with Gasteiger partial charge in [-0.25, -0.2) is 0 Å². The van der Waals surface area contributed by atoms with Crippen LogP contribution in [0.2, 0.25) is 0 Å². The Hall–Kier alpha value is -1.67. The minimum absolute atomic E-state index is 0.0471. The molecule has 0 amide bonds. The number of carbonyl (C=O) groups is 3. The average Bonchev–Trinajstić information content (AvgIpc) is 3.00. The van der Waals surface area contributed by atoms with Gasteiger partial charge >= 0.3 is 11.9 Å². The van der Waals surface area contributed by atoms with Gasteiger partial charge < -0.3 is 28.6 Å². The second kappa shape index (κ2) is 30.7. The van der Waals surface area contributed by atoms with Gasteiger partial charge in [-0.05, 0) is 12.8 Å². The molecule has 0 aliphatic heterocycles. The molecule has 0 saturated heterocycles. The Morgan fingerprint density at radius 3 is 1.35 bits per heavy atom. The summed E-state index contributed by atoms with van der Waals surface area (Å²) < 4.78 is 17.0. The summed E-state index contributed by atoms with van der Waals surface area (Å²) in [6, 6.07) is -0.716. The van der Waals surface area contributed by atoms with E-state index in [1.807, 2.05) is 0 Å². The maximum Gasteiger partial charge on any atom is 0.306 e. The van der Waals surface area contributed by atoms with Gasteiger partial charge in [-0.1, -0.05) is 142 Å². The number of aliphatic carboxylic acids is 1. The normalized spacial score (nSPS) is 13.0. The monoisotopic (exact) mass is 656 g/mol. The van der Waals surface area contributed by atoms with Crippen molar-refractivity contribution in [2.45, 2.75) is 187 Å². The van der Waals surface area contributed by atoms with Crippen LogP contribution >= 0.6 is 0 Å². The highest BCUT2D eigenvalue weighted by Crippen LogP contribution is 2.15. The Morgan fingerprint density at radius 1 is 0.565 bits per heavy atom. The lowest BCUT2D eigenvalue weighted by Crippen LogP contribution is -2.55. The fraction of sp³-hybridized carbons (Fsp3) is 0.921. The van der Waals surface area contributed by atoms with E-state index < -0.39 is 18.1 Å². The van der Waals surface area contributed by atoms with Crippen LogP contribution in [0.5, 0.6) is 0 Å². The summed E-state index contributed by atoms with van der Waals surface area (Å²) in [6.07, 6.45) is 27.3. The first-order valence-electron chi connectivity index (χ1n) is 19.1. The van der Waals surface area contributed by atoms with Crippen LogP contribution in [0.1, 0.15) is 174 Å². The Morgan fingerprint density at radius 2 is 0.957 bits per heavy atom. The van der Waals surface area contributed by atoms with Gasteiger partial charge in [0.2, 0.25) is 0 Å². The zero-order valence-corrected chi connectivity index (χ0v) is 30.8. The molecule has 2 unspecified atom stereocenters. The topological polar surface area (TPSA) is 102 Å². The molecule has 8 nitrogen and oxygen atoms in total. The first-order chi connectivity index (χ1) is 22.1. The molecule has 0 bridgehead atoms. The molecule has 0 aromatic heterocycles. The number of hydrogen-bond donors (Lipinski definition) is 0. The predicted molar refractivity (Wildman–Crippen MR) is 185 cm³/mol. The summed E-state index contributed by atoms with van der Waals surface area (Å²) in [7, 11) is 5.39. The van der Waals surface area contributed by atoms with Gasteiger partial charge in [0.05, 0.1) is 40.3 Å². The first kappa shape index (κ1) is 44.3. The zero-order chi connectivity index (χ0) is 34.3. The number of hydrogen-bond acceptors (Lipinski definition) is 7. The highest BCUT2D eigenvalue weighted by Gasteiger charge is 2.25. The van der Waals surface area contributed by atoms with Crippen LogP contribution in [0.15, 0.2) is 0 Å². The fourth-order valence-electron chi connectivity index (χ4n) is 5.72. The average molecular weight is 656 g/mol. The van der Waals surface area contributed by atoms with Crippen molar-refractivity contribution in [1.82, 2.24) is 0 Å². The second-order valence-electron chi connectivity index (χ2n) is 14.2. The van der Waals surface area contributed by atoms with Crippen molar-refractivity contribution < 1.29 is 38.2 Å². The van der Waals surface area contributed by atoms with Gasteiger partial charge in [-0.3, -0.25) is 9.59 Å². The summed E-state index contributed by atoms with van der Waals surface area (Å²) >= 11 is 0. The van der Waals surface area contributed by atoms with Gasteiger partial charge in [0.1, 0.15) is 12.6 Å². The maximum absolute atomic E-state index is 12.6. The highest BCUT2D eigenvalue weighted by molar-refractivity contribution is 5.70. The molecule has 0 rings (SSSR count). The molecule has 46 heavy (non-hydrogen) atoms. The third-order valence-electron chi connectivity index (χ3n) is 8.74. The number of nitrogens with zero attached hydrogens (tertiary/aromatic N) is 1. The van der Waals surface area contributed by atoms with E-state index in [4.69, 9.17) is 14.2 Å². The van der Waals surface area contributed by atoms with E-state index in [0.717, 1.165) is 51.4 Å². The molecule has 0 saturated carbocycles. The molecule has 272 valence electrons. The number of ether oxygens (including phenoxy) is 3. The molecule has 0 aromatic carbocycles. The molecular formula is C38H73NO7. The zero-order valence-electron chi connectivity index (χ0n) is 30.8. The Bertz CT molecular complexity index is 737. The van der Waals surface area contributed by atoms with Crippen LogP contribution in [0.25, 0.3) is 0 Å². The predicted octanol–water partition coefficient (Wildman–Crippen LogP) is 8.08. The van der Waals surface area contributed by atoms with Crippen molar-refractivity contribution in [2.75, 3.05) is 41.0 Å². The van der Waals surface area contributed by atoms with Crippen LogP contribution in [0.4, 0.5) is 0 Å². The molecule has 2 atom stereocenters. The number of quaternary nitrogens is 1. The number of esters is 2. The van der Waals surface area contributed by atoms with E-state index in [9.17, 15) is 19.5 Å². The van der Waals surface area contributed by atoms with E-state index in [-0.39, 0.29) is 42.7 Å². The minimum atomic E-state index is -1.12. The second-order valence-corrected chi connectivity index (χ2v) is 14.2. The summed E-state index contributed by atoms with van der Waals surface area (Å²) in [6.45, 7) is 4.58. The number of rotatable bonds is 34. The van der Waals surface area contributed by atoms with E-state index in [1.54, 1.807) is 21.1 Å². The maximum atomic E-state index is 12.6. The van der Waals surface area contributed by atoms with Crippen LogP contribution in [0.3, 0.4) is 0 Å². The first-order valence-corrected chi connectivity index (χ1v) is 19.1. The Kier molecular flexibility index (Phi) is 29.5. The van der Waals surface area contributed by atoms with Crippen molar-refractivity contribution in [3.63, 3.8) is 0 Å². The quantitative estimate of drug-likeness (QED) is 0.0392. The van der Waals surface area contributed by atoms with Crippen molar-refractivity contribution in [2.24, 2.45) is 0 Å². The molecular weight excluding hydrogens is 582 g/mol. The minimum Gasteiger partial charge on any atom is -0.544 e. The SMILES string of the molecule is CCCCCCCCCCCCCCCCCCCC(=O)OC(COCCC(C(=O)[O-])[N+](C)(C)C)COC(=O)CCCCCCC. The number of unbranched alkanes of at least 4 members (excludes halogenated alkanes) is 20. The molecule has 0 spiro atoms. The summed E-state index contributed by atoms with van der Waals surface area (Å²) in [5, 5.41) is 11.5. The van der Waals surface area contributed by atoms with Gasteiger partial charge in [0.15, 0.2) is 6.10 Å². The molecule has 0 N–H and O–H groups in total. The number of carboxylic acid groups (broad SMARTS) is 1. The summed E-state index contributed by atoms with van der Waals surface area (Å²) in [5.41, 5.74) is 0. The largest absolute Gasteiger partial charge is 0.544 e. The molecule has 8 heteroatoms. The molecule has 0 aliphatic rings. The Labute approximate surface area is 283 Å². The number of carbonyl (C=O) groups excluding carboxylic acids is 3. The molecule has 0 fully saturated rings. The molecule has 0 radical (unpaired) electrons. The van der Waals surface area contributed by atoms with Crippen molar-refractivity contribution in [3.05, 3.63) is 0 Å². The van der Waals surface area contributed by atoms with Crippen LogP contribution in [0, 0.1) is 0 Å². The van der Waals surface area contributed by atoms with E-state index >= 15 is 0 Å². The van der Waals surface area contributed by atoms with Gasteiger partial charge in [-0.2, -0.15) is 0 Å². The highest BCUT2D eigenvalue weighted by atomic mass is 16.6. The van der Waals surface area contributed by atoms with Gasteiger partial charge in [0, 0.05) is 19.3 Å². The standard InChI is InChI=1S/C38H73NO7/c1-6-8-10-12-13-14-15-16-17-18-19-20-21-22-23-25-27-29-37(41)46-34(33-45-36(40)28-26-24-11-9-7-2)32-44-31-30-35(38(42)43)39(3,4)5/h34-35H,6-33H2,1-5H3. The van der Waals surface area contributed by atoms with Crippen molar-refractivity contribution in [3.8, 4) is 0 Å². The third kappa shape index (κ3) is 28.5. The molecule has 0 heterocycles. The van der Waals surface area contributed by atoms with E-state index in [2.05, 4.69) is 13.8 Å². The van der Waals surface area contributed by atoms with Crippen LogP contribution in [-0.2, 0) is 28.6 Å². The summed E-state index contributed by atoms with van der Waals surface area (Å²) in [5.74, 6) is -1.74. The van der Waals surface area contributed by atoms with Crippen LogP contribution in [-0.4, -0.2) is 75.5 Å². The lowest BCUT2D eigenvalue weighted by Gasteiger charge is -2.34. The Balaban J connectivity index is 4.22. The van der Waals surface area contributed by atoms with E-state index in [1.165, 1.54) is 89.9 Å². The van der Waals surface area contributed by atoms with E-state index in [0.29, 0.717) is 12.8 Å². The lowest BCUT2D eigenvalue weighted by atomic mass is 10.0. The number of likely N-dealkylation sites (N-methyl/N-ethyl adjacent to an activating group) is 1. The molecule has 0 aliphatic carbocycles. The number of carboxylic acids is 1. The third-order valence-corrected chi connectivity index (χ3v) is 8.74. The smallest absolute Gasteiger partial charge is 0.306 e. The molecule has 0 aromatic rings. The fourth-order valence-corrected chi connectivity index (χ4v) is 5.72. The van der Waals surface area contributed by atoms with Crippen LogP contribution < -0.4 is 5.11 Å². The van der Waals surface area contributed by atoms with Gasteiger partial charge in [0.25, 0.3) is 0 Å². The summed E-state index contributed by atoms with van der Waals surface area (Å²) in [4.78, 5) is 36.4.